The molecule has 1 saturated carbocycles. The van der Waals surface area contributed by atoms with E-state index in [9.17, 15) is 18.7 Å². The number of carbonyl (C=O) groups is 1. The van der Waals surface area contributed by atoms with Gasteiger partial charge in [-0.25, -0.2) is 4.79 Å². The molecule has 7 heteroatoms. The Morgan fingerprint density at radius 1 is 1.38 bits per heavy atom. The summed E-state index contributed by atoms with van der Waals surface area (Å²) in [4.78, 5) is 11.4. The van der Waals surface area contributed by atoms with Gasteiger partial charge in [0.1, 0.15) is 11.3 Å². The van der Waals surface area contributed by atoms with Crippen molar-refractivity contribution in [3.8, 4) is 17.0 Å². The molecule has 0 spiro atoms. The highest BCUT2D eigenvalue weighted by molar-refractivity contribution is 5.96. The zero-order valence-corrected chi connectivity index (χ0v) is 13.2. The predicted octanol–water partition coefficient (Wildman–Crippen LogP) is 4.34. The molecule has 0 aliphatic heterocycles. The zero-order valence-electron chi connectivity index (χ0n) is 13.2. The molecule has 128 valence electrons. The fourth-order valence-electron chi connectivity index (χ4n) is 3.37. The number of H-pyrrole nitrogens is 1. The minimum Gasteiger partial charge on any atom is -0.478 e. The molecule has 1 heterocycles. The smallest absolute Gasteiger partial charge is 0.387 e. The summed E-state index contributed by atoms with van der Waals surface area (Å²) in [6.45, 7) is -1.28. The summed E-state index contributed by atoms with van der Waals surface area (Å²) in [6, 6.07) is 4.81. The average Bonchev–Trinajstić information content (AvgIpc) is 3.16. The van der Waals surface area contributed by atoms with Gasteiger partial charge in [-0.1, -0.05) is 12.8 Å². The minimum atomic E-state index is -2.89. The molecule has 0 bridgehead atoms. The van der Waals surface area contributed by atoms with Gasteiger partial charge in [-0.2, -0.15) is 13.9 Å². The van der Waals surface area contributed by atoms with Crippen molar-refractivity contribution in [1.82, 2.24) is 10.2 Å². The normalized spacial score (nSPS) is 15.2. The van der Waals surface area contributed by atoms with Crippen molar-refractivity contribution >= 4 is 5.97 Å². The molecular formula is C17H18F2N2O3. The Labute approximate surface area is 137 Å². The second-order valence-electron chi connectivity index (χ2n) is 5.98. The molecule has 1 fully saturated rings. The molecule has 2 aromatic rings. The molecule has 1 aliphatic carbocycles. The molecule has 3 rings (SSSR count). The van der Waals surface area contributed by atoms with E-state index in [2.05, 4.69) is 14.9 Å². The first-order chi connectivity index (χ1) is 11.5. The van der Waals surface area contributed by atoms with Gasteiger partial charge in [0.05, 0.1) is 11.4 Å². The van der Waals surface area contributed by atoms with Gasteiger partial charge >= 0.3 is 12.6 Å². The first-order valence-electron chi connectivity index (χ1n) is 7.84. The van der Waals surface area contributed by atoms with Crippen molar-refractivity contribution in [2.24, 2.45) is 0 Å². The van der Waals surface area contributed by atoms with E-state index < -0.39 is 12.6 Å². The number of aromatic nitrogens is 2. The van der Waals surface area contributed by atoms with Crippen molar-refractivity contribution in [3.05, 3.63) is 35.0 Å². The summed E-state index contributed by atoms with van der Waals surface area (Å²) in [6.07, 6.45) is 3.92. The highest BCUT2D eigenvalue weighted by Gasteiger charge is 2.24. The number of carboxylic acids is 1. The number of benzene rings is 1. The maximum Gasteiger partial charge on any atom is 0.387 e. The lowest BCUT2D eigenvalue weighted by Gasteiger charge is -2.17. The van der Waals surface area contributed by atoms with E-state index in [0.29, 0.717) is 22.5 Å². The number of aryl methyl sites for hydroxylation is 1. The number of carboxylic acid groups (broad SMARTS) is 1. The van der Waals surface area contributed by atoms with E-state index in [0.717, 1.165) is 25.7 Å². The van der Waals surface area contributed by atoms with Crippen LogP contribution in [0.1, 0.15) is 53.2 Å². The van der Waals surface area contributed by atoms with Crippen LogP contribution in [-0.2, 0) is 0 Å². The maximum absolute atomic E-state index is 12.7. The second-order valence-corrected chi connectivity index (χ2v) is 5.98. The fraction of sp³-hybridized carbons (Fsp3) is 0.412. The molecule has 1 aromatic heterocycles. The highest BCUT2D eigenvalue weighted by Crippen LogP contribution is 2.41. The lowest BCUT2D eigenvalue weighted by atomic mass is 9.93. The van der Waals surface area contributed by atoms with Crippen LogP contribution in [0.4, 0.5) is 8.78 Å². The van der Waals surface area contributed by atoms with Crippen molar-refractivity contribution in [3.63, 3.8) is 0 Å². The molecule has 0 unspecified atom stereocenters. The molecule has 24 heavy (non-hydrogen) atoms. The Bertz CT molecular complexity index is 752. The average molecular weight is 336 g/mol. The molecule has 1 aromatic carbocycles. The highest BCUT2D eigenvalue weighted by atomic mass is 19.3. The Hall–Kier alpha value is -2.44. The van der Waals surface area contributed by atoms with Crippen LogP contribution in [0.15, 0.2) is 18.2 Å². The maximum atomic E-state index is 12.7. The lowest BCUT2D eigenvalue weighted by Crippen LogP contribution is -2.07. The van der Waals surface area contributed by atoms with E-state index in [1.165, 1.54) is 6.07 Å². The van der Waals surface area contributed by atoms with E-state index >= 15 is 0 Å². The number of hydrogen-bond donors (Lipinski definition) is 2. The number of rotatable bonds is 5. The lowest BCUT2D eigenvalue weighted by molar-refractivity contribution is -0.0506. The fourth-order valence-corrected chi connectivity index (χ4v) is 3.37. The molecular weight excluding hydrogens is 318 g/mol. The SMILES string of the molecule is Cc1n[nH]c(-c2ccc(OC(F)F)c(C3CCCC3)c2)c1C(=O)O. The van der Waals surface area contributed by atoms with Crippen LogP contribution >= 0.6 is 0 Å². The van der Waals surface area contributed by atoms with Crippen LogP contribution in [0.5, 0.6) is 5.75 Å². The quantitative estimate of drug-likeness (QED) is 0.851. The van der Waals surface area contributed by atoms with Crippen LogP contribution in [0.3, 0.4) is 0 Å². The standard InChI is InChI=1S/C17H18F2N2O3/c1-9-14(16(22)23)15(21-20-9)11-6-7-13(24-17(18)19)12(8-11)10-4-2-3-5-10/h6-8,10,17H,2-5H2,1H3,(H,20,21)(H,22,23). The number of aromatic amines is 1. The van der Waals surface area contributed by atoms with Crippen molar-refractivity contribution in [2.45, 2.75) is 45.1 Å². The molecule has 0 saturated heterocycles. The van der Waals surface area contributed by atoms with E-state index in [1.54, 1.807) is 19.1 Å². The predicted molar refractivity (Wildman–Crippen MR) is 83.6 cm³/mol. The first kappa shape index (κ1) is 16.4. The minimum absolute atomic E-state index is 0.0925. The summed E-state index contributed by atoms with van der Waals surface area (Å²) in [7, 11) is 0. The van der Waals surface area contributed by atoms with Gasteiger partial charge in [0.25, 0.3) is 0 Å². The third-order valence-corrected chi connectivity index (χ3v) is 4.47. The number of alkyl halides is 2. The van der Waals surface area contributed by atoms with Crippen LogP contribution < -0.4 is 4.74 Å². The van der Waals surface area contributed by atoms with E-state index in [1.807, 2.05) is 0 Å². The van der Waals surface area contributed by atoms with Crippen LogP contribution in [0.2, 0.25) is 0 Å². The number of nitrogens with one attached hydrogen (secondary N) is 1. The Morgan fingerprint density at radius 2 is 2.08 bits per heavy atom. The zero-order chi connectivity index (χ0) is 17.3. The van der Waals surface area contributed by atoms with E-state index in [4.69, 9.17) is 0 Å². The Balaban J connectivity index is 2.07. The molecule has 0 amide bonds. The summed E-state index contributed by atoms with van der Waals surface area (Å²) in [5.41, 5.74) is 2.16. The van der Waals surface area contributed by atoms with E-state index in [-0.39, 0.29) is 17.2 Å². The van der Waals surface area contributed by atoms with Crippen molar-refractivity contribution in [2.75, 3.05) is 0 Å². The van der Waals surface area contributed by atoms with Gasteiger partial charge in [-0.05, 0) is 49.4 Å². The van der Waals surface area contributed by atoms with Gasteiger partial charge in [-0.3, -0.25) is 5.10 Å². The molecule has 2 N–H and O–H groups in total. The summed E-state index contributed by atoms with van der Waals surface area (Å²) in [5.74, 6) is -0.767. The monoisotopic (exact) mass is 336 g/mol. The van der Waals surface area contributed by atoms with Crippen LogP contribution in [-0.4, -0.2) is 27.9 Å². The number of ether oxygens (including phenoxy) is 1. The Morgan fingerprint density at radius 3 is 2.71 bits per heavy atom. The second kappa shape index (κ2) is 6.59. The molecule has 0 atom stereocenters. The number of aromatic carboxylic acids is 1. The summed E-state index contributed by atoms with van der Waals surface area (Å²) >= 11 is 0. The molecule has 5 nitrogen and oxygen atoms in total. The Kier molecular flexibility index (Phi) is 4.51. The summed E-state index contributed by atoms with van der Waals surface area (Å²) < 4.78 is 30.0. The van der Waals surface area contributed by atoms with Crippen molar-refractivity contribution < 1.29 is 23.4 Å². The number of hydrogen-bond acceptors (Lipinski definition) is 3. The largest absolute Gasteiger partial charge is 0.478 e. The van der Waals surface area contributed by atoms with Crippen LogP contribution in [0.25, 0.3) is 11.3 Å². The topological polar surface area (TPSA) is 75.2 Å². The van der Waals surface area contributed by atoms with Gasteiger partial charge in [0, 0.05) is 5.56 Å². The van der Waals surface area contributed by atoms with Crippen molar-refractivity contribution in [1.29, 1.82) is 0 Å². The van der Waals surface area contributed by atoms with Gasteiger partial charge in [0.15, 0.2) is 0 Å². The molecule has 1 aliphatic rings. The van der Waals surface area contributed by atoms with Gasteiger partial charge in [-0.15, -0.1) is 0 Å². The van der Waals surface area contributed by atoms with Gasteiger partial charge in [0.2, 0.25) is 0 Å². The third kappa shape index (κ3) is 3.11. The third-order valence-electron chi connectivity index (χ3n) is 4.47. The summed E-state index contributed by atoms with van der Waals surface area (Å²) in [5, 5.41) is 16.1. The van der Waals surface area contributed by atoms with Gasteiger partial charge < -0.3 is 9.84 Å². The molecule has 0 radical (unpaired) electrons. The number of nitrogens with zero attached hydrogens (tertiary/aromatic N) is 1. The number of halogens is 2. The van der Waals surface area contributed by atoms with Crippen LogP contribution in [0, 0.1) is 6.92 Å². The first-order valence-corrected chi connectivity index (χ1v) is 7.84.